The fraction of sp³-hybridized carbons (Fsp3) is 0.167. The van der Waals surface area contributed by atoms with E-state index in [0.29, 0.717) is 5.16 Å². The fourth-order valence-corrected chi connectivity index (χ4v) is 2.08. The van der Waals surface area contributed by atoms with Crippen molar-refractivity contribution in [3.63, 3.8) is 0 Å². The first-order chi connectivity index (χ1) is 7.72. The number of thioether (sulfide) groups is 1. The van der Waals surface area contributed by atoms with Crippen molar-refractivity contribution in [2.75, 3.05) is 6.26 Å². The summed E-state index contributed by atoms with van der Waals surface area (Å²) in [4.78, 5) is 16.0. The van der Waals surface area contributed by atoms with Gasteiger partial charge in [0.1, 0.15) is 0 Å². The third kappa shape index (κ3) is 2.02. The monoisotopic (exact) mass is 232 g/mol. The van der Waals surface area contributed by atoms with Crippen LogP contribution in [0.15, 0.2) is 46.5 Å². The minimum atomic E-state index is -0.0510. The van der Waals surface area contributed by atoms with Crippen molar-refractivity contribution in [2.24, 2.45) is 0 Å². The van der Waals surface area contributed by atoms with Crippen molar-refractivity contribution < 1.29 is 0 Å². The van der Waals surface area contributed by atoms with Gasteiger partial charge in [0, 0.05) is 12.3 Å². The second-order valence-corrected chi connectivity index (χ2v) is 4.22. The summed E-state index contributed by atoms with van der Waals surface area (Å²) in [6, 6.07) is 9.30. The summed E-state index contributed by atoms with van der Waals surface area (Å²) >= 11 is 1.46. The van der Waals surface area contributed by atoms with Crippen molar-refractivity contribution in [3.05, 3.63) is 52.4 Å². The Kier molecular flexibility index (Phi) is 3.10. The van der Waals surface area contributed by atoms with Gasteiger partial charge in [0.05, 0.1) is 5.69 Å². The van der Waals surface area contributed by atoms with E-state index >= 15 is 0 Å². The molecule has 1 aromatic heterocycles. The van der Waals surface area contributed by atoms with Crippen LogP contribution in [-0.4, -0.2) is 15.8 Å². The molecule has 0 spiro atoms. The van der Waals surface area contributed by atoms with Crippen LogP contribution in [0.2, 0.25) is 0 Å². The van der Waals surface area contributed by atoms with Crippen molar-refractivity contribution in [1.29, 1.82) is 0 Å². The first-order valence-corrected chi connectivity index (χ1v) is 6.14. The standard InChI is InChI=1S/C12H12N2OS/c1-9-4-3-5-10(8-9)14-11(15)6-7-13-12(14)16-2/h3-8H,1-2H3. The molecule has 0 saturated heterocycles. The zero-order valence-corrected chi connectivity index (χ0v) is 9.99. The molecule has 82 valence electrons. The quantitative estimate of drug-likeness (QED) is 0.588. The lowest BCUT2D eigenvalue weighted by atomic mass is 10.2. The molecule has 0 N–H and O–H groups in total. The highest BCUT2D eigenvalue weighted by Gasteiger charge is 2.05. The summed E-state index contributed by atoms with van der Waals surface area (Å²) in [5.74, 6) is 0. The lowest BCUT2D eigenvalue weighted by molar-refractivity contribution is 0.797. The van der Waals surface area contributed by atoms with Crippen LogP contribution in [0.1, 0.15) is 5.56 Å². The topological polar surface area (TPSA) is 34.9 Å². The summed E-state index contributed by atoms with van der Waals surface area (Å²) in [6.07, 6.45) is 3.45. The van der Waals surface area contributed by atoms with E-state index < -0.39 is 0 Å². The van der Waals surface area contributed by atoms with Gasteiger partial charge >= 0.3 is 0 Å². The van der Waals surface area contributed by atoms with Gasteiger partial charge in [0.15, 0.2) is 5.16 Å². The maximum absolute atomic E-state index is 11.8. The van der Waals surface area contributed by atoms with E-state index in [-0.39, 0.29) is 5.56 Å². The average Bonchev–Trinajstić information content (AvgIpc) is 2.28. The SMILES string of the molecule is CSc1nccc(=O)n1-c1cccc(C)c1. The molecule has 0 saturated carbocycles. The van der Waals surface area contributed by atoms with E-state index in [1.54, 1.807) is 10.8 Å². The molecule has 0 aliphatic heterocycles. The van der Waals surface area contributed by atoms with Gasteiger partial charge < -0.3 is 0 Å². The number of aryl methyl sites for hydroxylation is 1. The molecule has 0 amide bonds. The molecule has 2 rings (SSSR count). The molecule has 4 heteroatoms. The van der Waals surface area contributed by atoms with Crippen molar-refractivity contribution >= 4 is 11.8 Å². The molecule has 1 heterocycles. The third-order valence-corrected chi connectivity index (χ3v) is 2.91. The molecule has 3 nitrogen and oxygen atoms in total. The first-order valence-electron chi connectivity index (χ1n) is 4.91. The van der Waals surface area contributed by atoms with E-state index in [9.17, 15) is 4.79 Å². The maximum atomic E-state index is 11.8. The number of aromatic nitrogens is 2. The normalized spacial score (nSPS) is 10.4. The predicted octanol–water partition coefficient (Wildman–Crippen LogP) is 2.26. The fourth-order valence-electron chi connectivity index (χ4n) is 1.54. The number of nitrogens with zero attached hydrogens (tertiary/aromatic N) is 2. The first kappa shape index (κ1) is 11.0. The minimum Gasteiger partial charge on any atom is -0.269 e. The Bertz CT molecular complexity index is 563. The minimum absolute atomic E-state index is 0.0510. The zero-order chi connectivity index (χ0) is 11.5. The van der Waals surface area contributed by atoms with Gasteiger partial charge in [-0.2, -0.15) is 0 Å². The maximum Gasteiger partial charge on any atom is 0.258 e. The van der Waals surface area contributed by atoms with Crippen LogP contribution in [0.4, 0.5) is 0 Å². The lowest BCUT2D eigenvalue weighted by Crippen LogP contribution is -2.19. The van der Waals surface area contributed by atoms with Crippen LogP contribution in [0.25, 0.3) is 5.69 Å². The van der Waals surface area contributed by atoms with Gasteiger partial charge in [-0.25, -0.2) is 4.98 Å². The number of rotatable bonds is 2. The van der Waals surface area contributed by atoms with E-state index in [1.165, 1.54) is 17.8 Å². The highest BCUT2D eigenvalue weighted by molar-refractivity contribution is 7.98. The third-order valence-electron chi connectivity index (χ3n) is 2.26. The molecule has 0 atom stereocenters. The molecule has 0 fully saturated rings. The molecule has 2 aromatic rings. The lowest BCUT2D eigenvalue weighted by Gasteiger charge is -2.09. The smallest absolute Gasteiger partial charge is 0.258 e. The highest BCUT2D eigenvalue weighted by atomic mass is 32.2. The summed E-state index contributed by atoms with van der Waals surface area (Å²) in [5, 5.41) is 0.707. The average molecular weight is 232 g/mol. The van der Waals surface area contributed by atoms with E-state index in [4.69, 9.17) is 0 Å². The van der Waals surface area contributed by atoms with Crippen LogP contribution >= 0.6 is 11.8 Å². The summed E-state index contributed by atoms with van der Waals surface area (Å²) in [5.41, 5.74) is 1.94. The summed E-state index contributed by atoms with van der Waals surface area (Å²) in [6.45, 7) is 2.00. The molecule has 0 aliphatic rings. The van der Waals surface area contributed by atoms with Crippen molar-refractivity contribution in [1.82, 2.24) is 9.55 Å². The Labute approximate surface area is 98.2 Å². The Balaban J connectivity index is 2.68. The molecule has 0 aliphatic carbocycles. The zero-order valence-electron chi connectivity index (χ0n) is 9.18. The van der Waals surface area contributed by atoms with Gasteiger partial charge in [-0.05, 0) is 30.9 Å². The number of hydrogen-bond acceptors (Lipinski definition) is 3. The summed E-state index contributed by atoms with van der Waals surface area (Å²) in [7, 11) is 0. The van der Waals surface area contributed by atoms with E-state index in [0.717, 1.165) is 11.3 Å². The molecule has 16 heavy (non-hydrogen) atoms. The van der Waals surface area contributed by atoms with Gasteiger partial charge in [0.2, 0.25) is 0 Å². The van der Waals surface area contributed by atoms with Crippen LogP contribution in [0.5, 0.6) is 0 Å². The van der Waals surface area contributed by atoms with Crippen LogP contribution in [0, 0.1) is 6.92 Å². The predicted molar refractivity (Wildman–Crippen MR) is 66.4 cm³/mol. The largest absolute Gasteiger partial charge is 0.269 e. The Hall–Kier alpha value is -1.55. The Morgan fingerprint density at radius 3 is 2.81 bits per heavy atom. The highest BCUT2D eigenvalue weighted by Crippen LogP contribution is 2.15. The van der Waals surface area contributed by atoms with Crippen LogP contribution in [0.3, 0.4) is 0 Å². The van der Waals surface area contributed by atoms with E-state index in [1.807, 2.05) is 37.4 Å². The molecule has 0 unspecified atom stereocenters. The molecular formula is C12H12N2OS. The van der Waals surface area contributed by atoms with Crippen molar-refractivity contribution in [3.8, 4) is 5.69 Å². The summed E-state index contributed by atoms with van der Waals surface area (Å²) < 4.78 is 1.62. The van der Waals surface area contributed by atoms with Gasteiger partial charge in [0.25, 0.3) is 5.56 Å². The van der Waals surface area contributed by atoms with Crippen LogP contribution in [-0.2, 0) is 0 Å². The molecule has 1 aromatic carbocycles. The second-order valence-electron chi connectivity index (χ2n) is 3.44. The Morgan fingerprint density at radius 1 is 1.31 bits per heavy atom. The van der Waals surface area contributed by atoms with Gasteiger partial charge in [-0.3, -0.25) is 9.36 Å². The van der Waals surface area contributed by atoms with Gasteiger partial charge in [-0.1, -0.05) is 23.9 Å². The van der Waals surface area contributed by atoms with Crippen molar-refractivity contribution in [2.45, 2.75) is 12.1 Å². The molecular weight excluding hydrogens is 220 g/mol. The number of benzene rings is 1. The molecule has 0 radical (unpaired) electrons. The van der Waals surface area contributed by atoms with Crippen LogP contribution < -0.4 is 5.56 Å². The molecule has 0 bridgehead atoms. The van der Waals surface area contributed by atoms with E-state index in [2.05, 4.69) is 4.98 Å². The second kappa shape index (κ2) is 4.53. The Morgan fingerprint density at radius 2 is 2.12 bits per heavy atom. The number of hydrogen-bond donors (Lipinski definition) is 0. The van der Waals surface area contributed by atoms with Gasteiger partial charge in [-0.15, -0.1) is 0 Å².